The van der Waals surface area contributed by atoms with Crippen LogP contribution in [0.15, 0.2) is 47.4 Å². The van der Waals surface area contributed by atoms with E-state index >= 15 is 0 Å². The number of rotatable bonds is 4. The Morgan fingerprint density at radius 2 is 1.84 bits per heavy atom. The highest BCUT2D eigenvalue weighted by Crippen LogP contribution is 2.27. The average molecular weight is 375 g/mol. The number of halogens is 1. The van der Waals surface area contributed by atoms with E-state index in [1.807, 2.05) is 47.4 Å². The van der Waals surface area contributed by atoms with Crippen molar-refractivity contribution in [2.24, 2.45) is 0 Å². The van der Waals surface area contributed by atoms with Gasteiger partial charge in [0, 0.05) is 41.8 Å². The molecule has 25 heavy (non-hydrogen) atoms. The highest BCUT2D eigenvalue weighted by molar-refractivity contribution is 7.99. The Kier molecular flexibility index (Phi) is 5.92. The van der Waals surface area contributed by atoms with Gasteiger partial charge in [-0.3, -0.25) is 4.79 Å². The van der Waals surface area contributed by atoms with E-state index in [0.29, 0.717) is 0 Å². The van der Waals surface area contributed by atoms with Gasteiger partial charge in [0.1, 0.15) is 0 Å². The predicted molar refractivity (Wildman–Crippen MR) is 107 cm³/mol. The summed E-state index contributed by atoms with van der Waals surface area (Å²) in [6.07, 6.45) is 0. The number of carbonyl (C=O) groups is 1. The summed E-state index contributed by atoms with van der Waals surface area (Å²) < 4.78 is 0. The summed E-state index contributed by atoms with van der Waals surface area (Å²) in [5, 5.41) is 0.754. The number of piperazine rings is 1. The average Bonchev–Trinajstić information content (AvgIpc) is 2.64. The van der Waals surface area contributed by atoms with Crippen LogP contribution in [-0.2, 0) is 0 Å². The minimum absolute atomic E-state index is 0.138. The fourth-order valence-electron chi connectivity index (χ4n) is 3.17. The van der Waals surface area contributed by atoms with Gasteiger partial charge in [-0.1, -0.05) is 36.7 Å². The van der Waals surface area contributed by atoms with Crippen molar-refractivity contribution >= 4 is 35.0 Å². The largest absolute Gasteiger partial charge is 0.368 e. The van der Waals surface area contributed by atoms with Crippen LogP contribution in [0.5, 0.6) is 0 Å². The molecule has 1 saturated heterocycles. The molecule has 0 bridgehead atoms. The third kappa shape index (κ3) is 4.13. The smallest absolute Gasteiger partial charge is 0.255 e. The first-order valence-electron chi connectivity index (χ1n) is 8.62. The Balaban J connectivity index is 1.70. The first-order chi connectivity index (χ1) is 12.1. The first-order valence-corrected chi connectivity index (χ1v) is 9.98. The number of aryl methyl sites for hydroxylation is 1. The zero-order valence-corrected chi connectivity index (χ0v) is 16.2. The van der Waals surface area contributed by atoms with Crippen molar-refractivity contribution in [1.82, 2.24) is 4.90 Å². The third-order valence-electron chi connectivity index (χ3n) is 4.50. The van der Waals surface area contributed by atoms with Crippen molar-refractivity contribution in [2.75, 3.05) is 36.8 Å². The standard InChI is InChI=1S/C20H23ClN2OS/c1-3-25-19-7-5-4-6-17(19)20(24)23-12-10-22(11-13-23)18-14-16(21)9-8-15(18)2/h4-9,14H,3,10-13H2,1-2H3. The molecule has 0 N–H and O–H groups in total. The van der Waals surface area contributed by atoms with Gasteiger partial charge in [-0.05, 0) is 42.5 Å². The molecule has 0 aromatic heterocycles. The molecule has 1 aliphatic rings. The molecular formula is C20H23ClN2OS. The van der Waals surface area contributed by atoms with Gasteiger partial charge >= 0.3 is 0 Å². The van der Waals surface area contributed by atoms with Gasteiger partial charge in [-0.15, -0.1) is 11.8 Å². The number of carbonyl (C=O) groups excluding carboxylic acids is 1. The molecular weight excluding hydrogens is 352 g/mol. The summed E-state index contributed by atoms with van der Waals surface area (Å²) in [5.74, 6) is 1.10. The van der Waals surface area contributed by atoms with E-state index in [1.54, 1.807) is 11.8 Å². The summed E-state index contributed by atoms with van der Waals surface area (Å²) >= 11 is 7.87. The van der Waals surface area contributed by atoms with Crippen molar-refractivity contribution < 1.29 is 4.79 Å². The Bertz CT molecular complexity index is 757. The van der Waals surface area contributed by atoms with Gasteiger partial charge < -0.3 is 9.80 Å². The number of benzene rings is 2. The lowest BCUT2D eigenvalue weighted by atomic mass is 10.1. The van der Waals surface area contributed by atoms with Gasteiger partial charge in [0.05, 0.1) is 5.56 Å². The van der Waals surface area contributed by atoms with E-state index in [9.17, 15) is 4.79 Å². The van der Waals surface area contributed by atoms with Gasteiger partial charge in [0.15, 0.2) is 0 Å². The minimum Gasteiger partial charge on any atom is -0.368 e. The van der Waals surface area contributed by atoms with Crippen LogP contribution in [-0.4, -0.2) is 42.7 Å². The number of thioether (sulfide) groups is 1. The van der Waals surface area contributed by atoms with E-state index in [4.69, 9.17) is 11.6 Å². The Morgan fingerprint density at radius 3 is 2.56 bits per heavy atom. The van der Waals surface area contributed by atoms with E-state index in [2.05, 4.69) is 18.7 Å². The van der Waals surface area contributed by atoms with Crippen LogP contribution in [0.25, 0.3) is 0 Å². The highest BCUT2D eigenvalue weighted by atomic mass is 35.5. The lowest BCUT2D eigenvalue weighted by molar-refractivity contribution is 0.0743. The summed E-state index contributed by atoms with van der Waals surface area (Å²) in [4.78, 5) is 18.3. The number of anilines is 1. The fraction of sp³-hybridized carbons (Fsp3) is 0.350. The molecule has 1 heterocycles. The molecule has 132 valence electrons. The second-order valence-corrected chi connectivity index (χ2v) is 7.88. The summed E-state index contributed by atoms with van der Waals surface area (Å²) in [6, 6.07) is 13.9. The Labute approximate surface area is 159 Å². The van der Waals surface area contributed by atoms with E-state index in [-0.39, 0.29) is 5.91 Å². The molecule has 2 aromatic rings. The summed E-state index contributed by atoms with van der Waals surface area (Å²) in [6.45, 7) is 7.33. The van der Waals surface area contributed by atoms with Crippen LogP contribution in [0.1, 0.15) is 22.8 Å². The van der Waals surface area contributed by atoms with Crippen molar-refractivity contribution in [3.8, 4) is 0 Å². The van der Waals surface area contributed by atoms with Crippen molar-refractivity contribution in [1.29, 1.82) is 0 Å². The van der Waals surface area contributed by atoms with E-state index < -0.39 is 0 Å². The monoisotopic (exact) mass is 374 g/mol. The molecule has 0 radical (unpaired) electrons. The van der Waals surface area contributed by atoms with Gasteiger partial charge in [-0.25, -0.2) is 0 Å². The first kappa shape index (κ1) is 18.2. The SMILES string of the molecule is CCSc1ccccc1C(=O)N1CCN(c2cc(Cl)ccc2C)CC1. The molecule has 1 aliphatic heterocycles. The van der Waals surface area contributed by atoms with Gasteiger partial charge in [0.25, 0.3) is 5.91 Å². The number of hydrogen-bond donors (Lipinski definition) is 0. The van der Waals surface area contributed by atoms with E-state index in [0.717, 1.165) is 47.4 Å². The molecule has 1 fully saturated rings. The van der Waals surface area contributed by atoms with Crippen LogP contribution in [0.4, 0.5) is 5.69 Å². The number of amides is 1. The number of nitrogens with zero attached hydrogens (tertiary/aromatic N) is 2. The zero-order chi connectivity index (χ0) is 17.8. The van der Waals surface area contributed by atoms with Gasteiger partial charge in [0.2, 0.25) is 0 Å². The highest BCUT2D eigenvalue weighted by Gasteiger charge is 2.24. The molecule has 0 saturated carbocycles. The van der Waals surface area contributed by atoms with Gasteiger partial charge in [-0.2, -0.15) is 0 Å². The zero-order valence-electron chi connectivity index (χ0n) is 14.7. The van der Waals surface area contributed by atoms with E-state index in [1.165, 1.54) is 11.3 Å². The lowest BCUT2D eigenvalue weighted by Crippen LogP contribution is -2.49. The van der Waals surface area contributed by atoms with Crippen molar-refractivity contribution in [3.63, 3.8) is 0 Å². The second kappa shape index (κ2) is 8.15. The maximum Gasteiger partial charge on any atom is 0.255 e. The molecule has 0 aliphatic carbocycles. The van der Waals surface area contributed by atoms with Crippen molar-refractivity contribution in [3.05, 3.63) is 58.6 Å². The molecule has 0 unspecified atom stereocenters. The maximum atomic E-state index is 12.9. The Morgan fingerprint density at radius 1 is 1.12 bits per heavy atom. The molecule has 0 spiro atoms. The molecule has 1 amide bonds. The quantitative estimate of drug-likeness (QED) is 0.723. The fourth-order valence-corrected chi connectivity index (χ4v) is 4.13. The van der Waals surface area contributed by atoms with Crippen LogP contribution in [0, 0.1) is 6.92 Å². The Hall–Kier alpha value is -1.65. The molecule has 5 heteroatoms. The molecule has 2 aromatic carbocycles. The predicted octanol–water partition coefficient (Wildman–Crippen LogP) is 4.72. The summed E-state index contributed by atoms with van der Waals surface area (Å²) in [7, 11) is 0. The molecule has 0 atom stereocenters. The second-order valence-electron chi connectivity index (χ2n) is 6.14. The van der Waals surface area contributed by atoms with Crippen LogP contribution in [0.3, 0.4) is 0 Å². The van der Waals surface area contributed by atoms with Crippen molar-refractivity contribution in [2.45, 2.75) is 18.7 Å². The molecule has 3 nitrogen and oxygen atoms in total. The maximum absolute atomic E-state index is 12.9. The topological polar surface area (TPSA) is 23.6 Å². The summed E-state index contributed by atoms with van der Waals surface area (Å²) in [5.41, 5.74) is 3.21. The third-order valence-corrected chi connectivity index (χ3v) is 5.69. The van der Waals surface area contributed by atoms with Crippen LogP contribution >= 0.6 is 23.4 Å². The molecule has 3 rings (SSSR count). The normalized spacial score (nSPS) is 14.7. The lowest BCUT2D eigenvalue weighted by Gasteiger charge is -2.37. The number of hydrogen-bond acceptors (Lipinski definition) is 3. The van der Waals surface area contributed by atoms with Crippen LogP contribution < -0.4 is 4.90 Å². The van der Waals surface area contributed by atoms with Crippen LogP contribution in [0.2, 0.25) is 5.02 Å². The minimum atomic E-state index is 0.138.